The largest absolute Gasteiger partial charge is 0.377 e. The molecule has 0 unspecified atom stereocenters. The fraction of sp³-hybridized carbons (Fsp3) is 0. The van der Waals surface area contributed by atoms with Gasteiger partial charge in [-0.2, -0.15) is 8.42 Å². The summed E-state index contributed by atoms with van der Waals surface area (Å²) in [6, 6.07) is 11.5. The molecule has 0 aliphatic heterocycles. The van der Waals surface area contributed by atoms with Crippen LogP contribution in [0.25, 0.3) is 10.9 Å². The van der Waals surface area contributed by atoms with E-state index >= 15 is 0 Å². The number of aromatic nitrogens is 1. The fourth-order valence-electron chi connectivity index (χ4n) is 2.13. The van der Waals surface area contributed by atoms with E-state index < -0.39 is 16.0 Å². The van der Waals surface area contributed by atoms with Crippen molar-refractivity contribution in [2.75, 3.05) is 0 Å². The van der Waals surface area contributed by atoms with Gasteiger partial charge < -0.3 is 9.92 Å². The molecule has 2 N–H and O–H groups in total. The number of rotatable bonds is 4. The maximum atomic E-state index is 12.4. The van der Waals surface area contributed by atoms with Gasteiger partial charge in [0, 0.05) is 17.1 Å². The molecule has 0 spiro atoms. The number of carbonyl (C=O) groups excluding carboxylic acids is 1. The standard InChI is InChI=1S/C16H11ClN2O4S/c17-13-7-8-14(15-12(13)2-1-9-19-15)23-24(21,22)11-5-3-10(4-6-11)16(18)20/h1-9H,(H2,18,20). The second-order valence-electron chi connectivity index (χ2n) is 4.87. The molecule has 2 aromatic carbocycles. The van der Waals surface area contributed by atoms with Gasteiger partial charge in [-0.1, -0.05) is 11.6 Å². The Morgan fingerprint density at radius 3 is 2.46 bits per heavy atom. The lowest BCUT2D eigenvalue weighted by Gasteiger charge is -2.10. The van der Waals surface area contributed by atoms with Crippen molar-refractivity contribution in [3.8, 4) is 5.75 Å². The second kappa shape index (κ2) is 6.10. The summed E-state index contributed by atoms with van der Waals surface area (Å²) in [5.74, 6) is -0.582. The van der Waals surface area contributed by atoms with E-state index in [2.05, 4.69) is 4.98 Å². The van der Waals surface area contributed by atoms with Gasteiger partial charge in [0.1, 0.15) is 10.4 Å². The quantitative estimate of drug-likeness (QED) is 0.719. The number of amides is 1. The number of primary amides is 1. The Morgan fingerprint density at radius 2 is 1.79 bits per heavy atom. The molecule has 0 aliphatic carbocycles. The van der Waals surface area contributed by atoms with E-state index in [0.29, 0.717) is 15.9 Å². The predicted molar refractivity (Wildman–Crippen MR) is 89.5 cm³/mol. The van der Waals surface area contributed by atoms with Gasteiger partial charge in [-0.3, -0.25) is 9.78 Å². The van der Waals surface area contributed by atoms with Gasteiger partial charge in [0.15, 0.2) is 5.75 Å². The van der Waals surface area contributed by atoms with Gasteiger partial charge in [-0.15, -0.1) is 0 Å². The van der Waals surface area contributed by atoms with Crippen LogP contribution in [-0.2, 0) is 10.1 Å². The maximum absolute atomic E-state index is 12.4. The highest BCUT2D eigenvalue weighted by Crippen LogP contribution is 2.31. The van der Waals surface area contributed by atoms with Crippen LogP contribution in [0.2, 0.25) is 5.02 Å². The first-order chi connectivity index (χ1) is 11.4. The lowest BCUT2D eigenvalue weighted by Crippen LogP contribution is -2.13. The van der Waals surface area contributed by atoms with Crippen molar-refractivity contribution in [1.82, 2.24) is 4.98 Å². The molecule has 0 radical (unpaired) electrons. The highest BCUT2D eigenvalue weighted by molar-refractivity contribution is 7.87. The molecule has 1 amide bonds. The average Bonchev–Trinajstić information content (AvgIpc) is 2.58. The minimum atomic E-state index is -4.10. The molecule has 122 valence electrons. The van der Waals surface area contributed by atoms with Crippen molar-refractivity contribution in [3.05, 3.63) is 65.3 Å². The zero-order valence-electron chi connectivity index (χ0n) is 12.1. The molecule has 24 heavy (non-hydrogen) atoms. The lowest BCUT2D eigenvalue weighted by atomic mass is 10.2. The van der Waals surface area contributed by atoms with E-state index in [1.807, 2.05) is 0 Å². The maximum Gasteiger partial charge on any atom is 0.339 e. The van der Waals surface area contributed by atoms with Gasteiger partial charge in [0.25, 0.3) is 0 Å². The van der Waals surface area contributed by atoms with Crippen LogP contribution in [-0.4, -0.2) is 19.3 Å². The third-order valence-corrected chi connectivity index (χ3v) is 4.88. The minimum absolute atomic E-state index is 0.0639. The summed E-state index contributed by atoms with van der Waals surface area (Å²) in [6.07, 6.45) is 1.51. The monoisotopic (exact) mass is 362 g/mol. The fourth-order valence-corrected chi connectivity index (χ4v) is 3.28. The van der Waals surface area contributed by atoms with Crippen molar-refractivity contribution < 1.29 is 17.4 Å². The number of nitrogens with two attached hydrogens (primary N) is 1. The van der Waals surface area contributed by atoms with Crippen LogP contribution in [0.5, 0.6) is 5.75 Å². The van der Waals surface area contributed by atoms with E-state index in [4.69, 9.17) is 21.5 Å². The van der Waals surface area contributed by atoms with Gasteiger partial charge in [0.05, 0.1) is 5.02 Å². The van der Waals surface area contributed by atoms with E-state index in [0.717, 1.165) is 0 Å². The lowest BCUT2D eigenvalue weighted by molar-refractivity contribution is 0.1000. The van der Waals surface area contributed by atoms with Gasteiger partial charge in [-0.05, 0) is 48.5 Å². The molecule has 6 nitrogen and oxygen atoms in total. The first kappa shape index (κ1) is 16.2. The number of hydrogen-bond donors (Lipinski definition) is 1. The summed E-state index contributed by atoms with van der Waals surface area (Å²) in [4.78, 5) is 15.1. The Hall–Kier alpha value is -2.64. The second-order valence-corrected chi connectivity index (χ2v) is 6.82. The zero-order chi connectivity index (χ0) is 17.3. The van der Waals surface area contributed by atoms with E-state index in [-0.39, 0.29) is 16.2 Å². The van der Waals surface area contributed by atoms with E-state index in [1.54, 1.807) is 12.1 Å². The van der Waals surface area contributed by atoms with Crippen LogP contribution in [0.3, 0.4) is 0 Å². The molecule has 0 saturated carbocycles. The van der Waals surface area contributed by atoms with Crippen LogP contribution in [0.15, 0.2) is 59.6 Å². The molecule has 0 saturated heterocycles. The van der Waals surface area contributed by atoms with Crippen LogP contribution >= 0.6 is 11.6 Å². The molecule has 0 fully saturated rings. The SMILES string of the molecule is NC(=O)c1ccc(S(=O)(=O)Oc2ccc(Cl)c3cccnc23)cc1. The van der Waals surface area contributed by atoms with Crippen LogP contribution in [0.4, 0.5) is 0 Å². The summed E-state index contributed by atoms with van der Waals surface area (Å²) in [6.45, 7) is 0. The van der Waals surface area contributed by atoms with E-state index in [1.165, 1.54) is 42.6 Å². The highest BCUT2D eigenvalue weighted by Gasteiger charge is 2.19. The zero-order valence-corrected chi connectivity index (χ0v) is 13.7. The summed E-state index contributed by atoms with van der Waals surface area (Å²) in [5.41, 5.74) is 5.67. The molecule has 8 heteroatoms. The topological polar surface area (TPSA) is 99.4 Å². The number of hydrogen-bond acceptors (Lipinski definition) is 5. The van der Waals surface area contributed by atoms with Crippen molar-refractivity contribution in [2.45, 2.75) is 4.90 Å². The third-order valence-electron chi connectivity index (χ3n) is 3.31. The van der Waals surface area contributed by atoms with Gasteiger partial charge in [-0.25, -0.2) is 0 Å². The summed E-state index contributed by atoms with van der Waals surface area (Å²) in [5, 5.41) is 1.02. The van der Waals surface area contributed by atoms with Crippen molar-refractivity contribution >= 4 is 38.5 Å². The van der Waals surface area contributed by atoms with E-state index in [9.17, 15) is 13.2 Å². The summed E-state index contributed by atoms with van der Waals surface area (Å²) < 4.78 is 30.0. The Morgan fingerprint density at radius 1 is 1.08 bits per heavy atom. The summed E-state index contributed by atoms with van der Waals surface area (Å²) >= 11 is 6.08. The first-order valence-corrected chi connectivity index (χ1v) is 8.55. The Labute approximate surface area is 143 Å². The third kappa shape index (κ3) is 3.04. The van der Waals surface area contributed by atoms with Crippen molar-refractivity contribution in [3.63, 3.8) is 0 Å². The van der Waals surface area contributed by atoms with Crippen LogP contribution in [0.1, 0.15) is 10.4 Å². The Bertz CT molecular complexity index is 1030. The average molecular weight is 363 g/mol. The molecule has 3 rings (SSSR count). The minimum Gasteiger partial charge on any atom is -0.377 e. The van der Waals surface area contributed by atoms with Crippen molar-refractivity contribution in [1.29, 1.82) is 0 Å². The highest BCUT2D eigenvalue weighted by atomic mass is 35.5. The molecular weight excluding hydrogens is 352 g/mol. The van der Waals surface area contributed by atoms with Gasteiger partial charge >= 0.3 is 10.1 Å². The predicted octanol–water partition coefficient (Wildman–Crippen LogP) is 2.75. The molecule has 0 aliphatic rings. The molecule has 0 atom stereocenters. The molecule has 1 heterocycles. The molecule has 0 bridgehead atoms. The summed E-state index contributed by atoms with van der Waals surface area (Å²) in [7, 11) is -4.10. The normalized spacial score (nSPS) is 11.4. The number of benzene rings is 2. The number of pyridine rings is 1. The molecular formula is C16H11ClN2O4S. The molecule has 1 aromatic heterocycles. The van der Waals surface area contributed by atoms with Crippen LogP contribution < -0.4 is 9.92 Å². The molecule has 3 aromatic rings. The van der Waals surface area contributed by atoms with Gasteiger partial charge in [0.2, 0.25) is 5.91 Å². The number of fused-ring (bicyclic) bond motifs is 1. The smallest absolute Gasteiger partial charge is 0.339 e. The van der Waals surface area contributed by atoms with Crippen LogP contribution in [0, 0.1) is 0 Å². The number of nitrogens with zero attached hydrogens (tertiary/aromatic N) is 1. The first-order valence-electron chi connectivity index (χ1n) is 6.76. The number of carbonyl (C=O) groups is 1. The number of halogens is 1. The Balaban J connectivity index is 2.01. The Kier molecular flexibility index (Phi) is 4.13. The van der Waals surface area contributed by atoms with Crippen molar-refractivity contribution in [2.24, 2.45) is 5.73 Å².